The minimum absolute atomic E-state index is 0.0918. The molecular weight excluding hydrogens is 258 g/mol. The number of hydrogen-bond donors (Lipinski definition) is 1. The summed E-state index contributed by atoms with van der Waals surface area (Å²) in [4.78, 5) is 0. The van der Waals surface area contributed by atoms with Gasteiger partial charge in [0.25, 0.3) is 0 Å². The lowest BCUT2D eigenvalue weighted by Crippen LogP contribution is -2.15. The quantitative estimate of drug-likeness (QED) is 0.873. The van der Waals surface area contributed by atoms with Crippen molar-refractivity contribution in [2.24, 2.45) is 5.14 Å². The Morgan fingerprint density at radius 1 is 1.44 bits per heavy atom. The molecule has 0 unspecified atom stereocenters. The highest BCUT2D eigenvalue weighted by Crippen LogP contribution is 2.39. The summed E-state index contributed by atoms with van der Waals surface area (Å²) in [5.74, 6) is 0.904. The lowest BCUT2D eigenvalue weighted by atomic mass is 10.2. The third kappa shape index (κ3) is 2.56. The van der Waals surface area contributed by atoms with Gasteiger partial charge in [-0.3, -0.25) is 4.18 Å². The molecule has 0 atom stereocenters. The van der Waals surface area contributed by atoms with Gasteiger partial charge in [0, 0.05) is 0 Å². The number of fused-ring (bicyclic) bond motifs is 1. The molecule has 0 bridgehead atoms. The maximum Gasteiger partial charge on any atom is 0.333 e. The van der Waals surface area contributed by atoms with Crippen molar-refractivity contribution >= 4 is 21.9 Å². The minimum Gasteiger partial charge on any atom is -0.454 e. The zero-order valence-corrected chi connectivity index (χ0v) is 9.55. The van der Waals surface area contributed by atoms with Gasteiger partial charge in [-0.2, -0.15) is 8.42 Å². The van der Waals surface area contributed by atoms with Crippen LogP contribution in [0, 0.1) is 0 Å². The van der Waals surface area contributed by atoms with Gasteiger partial charge in [0.1, 0.15) is 0 Å². The van der Waals surface area contributed by atoms with Gasteiger partial charge in [-0.05, 0) is 17.7 Å². The number of nitrogens with two attached hydrogens (primary N) is 1. The molecule has 2 N–H and O–H groups in total. The van der Waals surface area contributed by atoms with Gasteiger partial charge in [-0.1, -0.05) is 11.6 Å². The summed E-state index contributed by atoms with van der Waals surface area (Å²) in [6, 6.07) is 3.11. The molecule has 6 nitrogen and oxygen atoms in total. The average molecular weight is 266 g/mol. The molecule has 0 spiro atoms. The molecule has 0 radical (unpaired) electrons. The van der Waals surface area contributed by atoms with E-state index < -0.39 is 10.3 Å². The maximum atomic E-state index is 10.6. The van der Waals surface area contributed by atoms with E-state index in [1.54, 1.807) is 6.07 Å². The Morgan fingerprint density at radius 2 is 2.19 bits per heavy atom. The van der Waals surface area contributed by atoms with Crippen LogP contribution in [-0.2, 0) is 21.1 Å². The maximum absolute atomic E-state index is 10.6. The summed E-state index contributed by atoms with van der Waals surface area (Å²) >= 11 is 5.88. The fourth-order valence-corrected chi connectivity index (χ4v) is 1.84. The van der Waals surface area contributed by atoms with E-state index in [1.165, 1.54) is 6.07 Å². The molecule has 1 aromatic carbocycles. The number of benzene rings is 1. The first-order chi connectivity index (χ1) is 7.46. The molecule has 16 heavy (non-hydrogen) atoms. The van der Waals surface area contributed by atoms with Crippen molar-refractivity contribution in [2.75, 3.05) is 6.79 Å². The second-order valence-electron chi connectivity index (χ2n) is 3.07. The summed E-state index contributed by atoms with van der Waals surface area (Å²) < 4.78 is 35.8. The molecular formula is C8H8ClNO5S. The normalized spacial score (nSPS) is 14.1. The summed E-state index contributed by atoms with van der Waals surface area (Å²) in [6.45, 7) is -0.107. The molecule has 0 saturated carbocycles. The zero-order valence-electron chi connectivity index (χ0n) is 7.97. The average Bonchev–Trinajstić information content (AvgIpc) is 2.62. The number of halogens is 1. The molecule has 2 rings (SSSR count). The van der Waals surface area contributed by atoms with Gasteiger partial charge in [0.2, 0.25) is 6.79 Å². The Bertz CT molecular complexity index is 515. The first-order valence-corrected chi connectivity index (χ1v) is 6.06. The van der Waals surface area contributed by atoms with Gasteiger partial charge in [-0.25, -0.2) is 5.14 Å². The number of rotatable bonds is 3. The third-order valence-corrected chi connectivity index (χ3v) is 2.60. The van der Waals surface area contributed by atoms with E-state index in [-0.39, 0.29) is 13.4 Å². The molecule has 8 heteroatoms. The molecule has 88 valence electrons. The van der Waals surface area contributed by atoms with Gasteiger partial charge >= 0.3 is 10.3 Å². The van der Waals surface area contributed by atoms with Crippen LogP contribution >= 0.6 is 11.6 Å². The Labute approximate surface area is 97.1 Å². The Kier molecular flexibility index (Phi) is 2.94. The fraction of sp³-hybridized carbons (Fsp3) is 0.250. The van der Waals surface area contributed by atoms with E-state index in [2.05, 4.69) is 4.18 Å². The van der Waals surface area contributed by atoms with E-state index in [0.29, 0.717) is 22.1 Å². The van der Waals surface area contributed by atoms with Crippen molar-refractivity contribution in [2.45, 2.75) is 6.61 Å². The van der Waals surface area contributed by atoms with Crippen molar-refractivity contribution in [3.8, 4) is 11.5 Å². The highest BCUT2D eigenvalue weighted by Gasteiger charge is 2.18. The smallest absolute Gasteiger partial charge is 0.333 e. The largest absolute Gasteiger partial charge is 0.454 e. The molecule has 0 fully saturated rings. The predicted molar refractivity (Wildman–Crippen MR) is 55.5 cm³/mol. The van der Waals surface area contributed by atoms with E-state index in [9.17, 15) is 8.42 Å². The molecule has 1 aliphatic heterocycles. The van der Waals surface area contributed by atoms with Crippen molar-refractivity contribution in [1.82, 2.24) is 0 Å². The topological polar surface area (TPSA) is 87.9 Å². The van der Waals surface area contributed by atoms with Crippen LogP contribution in [0.15, 0.2) is 12.1 Å². The highest BCUT2D eigenvalue weighted by atomic mass is 35.5. The van der Waals surface area contributed by atoms with E-state index in [0.717, 1.165) is 0 Å². The van der Waals surface area contributed by atoms with Crippen LogP contribution in [0.1, 0.15) is 5.56 Å². The summed E-state index contributed by atoms with van der Waals surface area (Å²) in [5, 5.41) is 5.03. The lowest BCUT2D eigenvalue weighted by molar-refractivity contribution is 0.174. The van der Waals surface area contributed by atoms with Crippen LogP contribution in [0.2, 0.25) is 5.02 Å². The van der Waals surface area contributed by atoms with Crippen LogP contribution in [0.25, 0.3) is 0 Å². The second-order valence-corrected chi connectivity index (χ2v) is 4.69. The van der Waals surface area contributed by atoms with Crippen LogP contribution in [0.4, 0.5) is 0 Å². The van der Waals surface area contributed by atoms with Gasteiger partial charge in [0.05, 0.1) is 11.6 Å². The van der Waals surface area contributed by atoms with E-state index >= 15 is 0 Å². The SMILES string of the molecule is NS(=O)(=O)OCc1cc(Cl)c2c(c1)OCO2. The summed E-state index contributed by atoms with van der Waals surface area (Å²) in [7, 11) is -3.96. The molecule has 0 aromatic heterocycles. The predicted octanol–water partition coefficient (Wildman–Crippen LogP) is 0.789. The first-order valence-electron chi connectivity index (χ1n) is 4.21. The summed E-state index contributed by atoms with van der Waals surface area (Å²) in [6.07, 6.45) is 0. The standard InChI is InChI=1S/C8H8ClNO5S/c9-6-1-5(3-15-16(10,11)12)2-7-8(6)14-4-13-7/h1-2H,3-4H2,(H2,10,11,12). The van der Waals surface area contributed by atoms with Gasteiger partial charge < -0.3 is 9.47 Å². The molecule has 0 saturated heterocycles. The van der Waals surface area contributed by atoms with E-state index in [1.807, 2.05) is 0 Å². The Hall–Kier alpha value is -1.02. The fourth-order valence-electron chi connectivity index (χ4n) is 1.25. The number of ether oxygens (including phenoxy) is 2. The highest BCUT2D eigenvalue weighted by molar-refractivity contribution is 7.84. The van der Waals surface area contributed by atoms with Crippen molar-refractivity contribution in [3.05, 3.63) is 22.7 Å². The molecule has 1 aliphatic rings. The van der Waals surface area contributed by atoms with Gasteiger partial charge in [-0.15, -0.1) is 0 Å². The Balaban J connectivity index is 2.21. The second kappa shape index (κ2) is 4.10. The third-order valence-electron chi connectivity index (χ3n) is 1.88. The van der Waals surface area contributed by atoms with Crippen LogP contribution in [0.3, 0.4) is 0 Å². The lowest BCUT2D eigenvalue weighted by Gasteiger charge is -2.04. The number of hydrogen-bond acceptors (Lipinski definition) is 5. The summed E-state index contributed by atoms with van der Waals surface area (Å²) in [5.41, 5.74) is 0.531. The Morgan fingerprint density at radius 3 is 2.88 bits per heavy atom. The van der Waals surface area contributed by atoms with Crippen molar-refractivity contribution in [1.29, 1.82) is 0 Å². The van der Waals surface area contributed by atoms with Gasteiger partial charge in [0.15, 0.2) is 11.5 Å². The monoisotopic (exact) mass is 265 g/mol. The van der Waals surface area contributed by atoms with Crippen LogP contribution < -0.4 is 14.6 Å². The van der Waals surface area contributed by atoms with Crippen molar-refractivity contribution in [3.63, 3.8) is 0 Å². The van der Waals surface area contributed by atoms with E-state index in [4.69, 9.17) is 26.2 Å². The van der Waals surface area contributed by atoms with Crippen LogP contribution in [0.5, 0.6) is 11.5 Å². The molecule has 1 heterocycles. The first kappa shape index (κ1) is 11.5. The van der Waals surface area contributed by atoms with Crippen LogP contribution in [-0.4, -0.2) is 15.2 Å². The van der Waals surface area contributed by atoms with Crippen molar-refractivity contribution < 1.29 is 22.1 Å². The zero-order chi connectivity index (χ0) is 11.8. The molecule has 0 amide bonds. The molecule has 1 aromatic rings. The minimum atomic E-state index is -3.96. The molecule has 0 aliphatic carbocycles.